The Balaban J connectivity index is 2.05. The van der Waals surface area contributed by atoms with E-state index >= 15 is 0 Å². The van der Waals surface area contributed by atoms with Gasteiger partial charge in [-0.1, -0.05) is 6.92 Å². The molecular weight excluding hydrogens is 254 g/mol. The number of rotatable bonds is 6. The molecule has 1 fully saturated rings. The van der Waals surface area contributed by atoms with Crippen LogP contribution in [0.3, 0.4) is 0 Å². The second kappa shape index (κ2) is 7.24. The van der Waals surface area contributed by atoms with Crippen molar-refractivity contribution >= 4 is 11.6 Å². The van der Waals surface area contributed by atoms with E-state index in [1.54, 1.807) is 12.4 Å². The van der Waals surface area contributed by atoms with Crippen molar-refractivity contribution in [1.82, 2.24) is 9.88 Å². The topological polar surface area (TPSA) is 65.5 Å². The molecule has 1 aromatic heterocycles. The molecule has 1 aromatic rings. The molecule has 1 aliphatic rings. The van der Waals surface area contributed by atoms with Gasteiger partial charge in [0, 0.05) is 38.6 Å². The second-order valence-electron chi connectivity index (χ2n) is 5.27. The Kier molecular flexibility index (Phi) is 5.35. The van der Waals surface area contributed by atoms with Crippen LogP contribution in [0.15, 0.2) is 18.5 Å². The second-order valence-corrected chi connectivity index (χ2v) is 5.27. The average Bonchev–Trinajstić information content (AvgIpc) is 2.94. The Morgan fingerprint density at radius 3 is 3.20 bits per heavy atom. The summed E-state index contributed by atoms with van der Waals surface area (Å²) in [7, 11) is 0. The van der Waals surface area contributed by atoms with Gasteiger partial charge in [-0.05, 0) is 31.2 Å². The van der Waals surface area contributed by atoms with Gasteiger partial charge >= 0.3 is 0 Å². The summed E-state index contributed by atoms with van der Waals surface area (Å²) < 4.78 is 0. The van der Waals surface area contributed by atoms with E-state index in [-0.39, 0.29) is 12.5 Å². The van der Waals surface area contributed by atoms with Crippen LogP contribution in [0.4, 0.5) is 5.69 Å². The van der Waals surface area contributed by atoms with Gasteiger partial charge in [0.2, 0.25) is 0 Å². The first-order valence-electron chi connectivity index (χ1n) is 7.34. The first-order valence-corrected chi connectivity index (χ1v) is 7.34. The van der Waals surface area contributed by atoms with Crippen LogP contribution in [0, 0.1) is 5.92 Å². The number of amides is 1. The van der Waals surface area contributed by atoms with Gasteiger partial charge in [-0.3, -0.25) is 9.78 Å². The Bertz CT molecular complexity index is 450. The molecule has 1 atom stereocenters. The molecule has 0 radical (unpaired) electrons. The highest BCUT2D eigenvalue weighted by atomic mass is 16.3. The number of likely N-dealkylation sites (tertiary alicyclic amines) is 1. The highest BCUT2D eigenvalue weighted by Crippen LogP contribution is 2.23. The Labute approximate surface area is 120 Å². The van der Waals surface area contributed by atoms with E-state index in [2.05, 4.69) is 17.2 Å². The van der Waals surface area contributed by atoms with Gasteiger partial charge in [0.15, 0.2) is 0 Å². The van der Waals surface area contributed by atoms with Crippen molar-refractivity contribution in [3.63, 3.8) is 0 Å². The van der Waals surface area contributed by atoms with Gasteiger partial charge in [0.25, 0.3) is 5.91 Å². The molecule has 0 saturated carbocycles. The predicted molar refractivity (Wildman–Crippen MR) is 78.7 cm³/mol. The smallest absolute Gasteiger partial charge is 0.257 e. The molecule has 20 heavy (non-hydrogen) atoms. The Hall–Kier alpha value is -1.62. The number of anilines is 1. The number of aromatic nitrogens is 1. The highest BCUT2D eigenvalue weighted by Gasteiger charge is 2.27. The van der Waals surface area contributed by atoms with E-state index in [9.17, 15) is 4.79 Å². The maximum Gasteiger partial charge on any atom is 0.257 e. The van der Waals surface area contributed by atoms with Crippen LogP contribution in [-0.2, 0) is 0 Å². The summed E-state index contributed by atoms with van der Waals surface area (Å²) in [4.78, 5) is 18.5. The number of aliphatic hydroxyl groups excluding tert-OH is 1. The number of carbonyl (C=O) groups excluding carboxylic acids is 1. The number of aliphatic hydroxyl groups is 1. The summed E-state index contributed by atoms with van der Waals surface area (Å²) in [6.45, 7) is 4.64. The van der Waals surface area contributed by atoms with E-state index in [1.807, 2.05) is 11.0 Å². The van der Waals surface area contributed by atoms with Gasteiger partial charge in [-0.2, -0.15) is 0 Å². The summed E-state index contributed by atoms with van der Waals surface area (Å²) >= 11 is 0. The molecule has 0 bridgehead atoms. The minimum Gasteiger partial charge on any atom is -0.396 e. The number of nitrogens with zero attached hydrogens (tertiary/aromatic N) is 2. The zero-order chi connectivity index (χ0) is 14.4. The minimum absolute atomic E-state index is 0.0390. The van der Waals surface area contributed by atoms with Gasteiger partial charge in [0.05, 0.1) is 11.3 Å². The van der Waals surface area contributed by atoms with E-state index < -0.39 is 0 Å². The Morgan fingerprint density at radius 1 is 1.60 bits per heavy atom. The third-order valence-electron chi connectivity index (χ3n) is 3.73. The lowest BCUT2D eigenvalue weighted by Crippen LogP contribution is -2.29. The van der Waals surface area contributed by atoms with Crippen molar-refractivity contribution < 1.29 is 9.90 Å². The third-order valence-corrected chi connectivity index (χ3v) is 3.73. The molecule has 5 nitrogen and oxygen atoms in total. The molecule has 0 spiro atoms. The van der Waals surface area contributed by atoms with Crippen LogP contribution in [0.25, 0.3) is 0 Å². The van der Waals surface area contributed by atoms with Crippen LogP contribution >= 0.6 is 0 Å². The maximum absolute atomic E-state index is 12.6. The molecule has 2 heterocycles. The van der Waals surface area contributed by atoms with Crippen molar-refractivity contribution in [1.29, 1.82) is 0 Å². The number of pyridine rings is 1. The molecule has 2 N–H and O–H groups in total. The molecule has 2 rings (SSSR count). The molecule has 1 aliphatic heterocycles. The highest BCUT2D eigenvalue weighted by molar-refractivity contribution is 5.99. The summed E-state index contributed by atoms with van der Waals surface area (Å²) in [5.74, 6) is 0.463. The number of hydrogen-bond acceptors (Lipinski definition) is 4. The fourth-order valence-corrected chi connectivity index (χ4v) is 2.58. The van der Waals surface area contributed by atoms with Gasteiger partial charge < -0.3 is 15.3 Å². The Morgan fingerprint density at radius 2 is 2.45 bits per heavy atom. The van der Waals surface area contributed by atoms with Crippen molar-refractivity contribution in [2.24, 2.45) is 5.92 Å². The fourth-order valence-electron chi connectivity index (χ4n) is 2.58. The monoisotopic (exact) mass is 277 g/mol. The average molecular weight is 277 g/mol. The molecule has 0 aromatic carbocycles. The van der Waals surface area contributed by atoms with Crippen molar-refractivity contribution in [2.75, 3.05) is 31.6 Å². The van der Waals surface area contributed by atoms with E-state index in [0.29, 0.717) is 11.5 Å². The first-order chi connectivity index (χ1) is 9.76. The number of hydrogen-bond donors (Lipinski definition) is 2. The molecule has 0 aliphatic carbocycles. The lowest BCUT2D eigenvalue weighted by Gasteiger charge is -2.18. The van der Waals surface area contributed by atoms with Crippen LogP contribution in [0.2, 0.25) is 0 Å². The van der Waals surface area contributed by atoms with Gasteiger partial charge in [-0.15, -0.1) is 0 Å². The molecule has 5 heteroatoms. The van der Waals surface area contributed by atoms with E-state index in [1.165, 1.54) is 0 Å². The molecular formula is C15H23N3O2. The molecule has 1 saturated heterocycles. The van der Waals surface area contributed by atoms with Crippen molar-refractivity contribution in [3.05, 3.63) is 24.0 Å². The van der Waals surface area contributed by atoms with Crippen LogP contribution in [0.5, 0.6) is 0 Å². The first kappa shape index (κ1) is 14.8. The standard InChI is InChI=1S/C15H23N3O2/c1-2-6-17-14-3-7-16-10-13(14)15(20)18-8-4-12(11-18)5-9-19/h3,7,10,12,19H,2,4-6,8-9,11H2,1H3,(H,16,17). The van der Waals surface area contributed by atoms with Crippen LogP contribution in [-0.4, -0.2) is 47.1 Å². The summed E-state index contributed by atoms with van der Waals surface area (Å²) in [6, 6.07) is 1.85. The number of nitrogens with one attached hydrogen (secondary N) is 1. The van der Waals surface area contributed by atoms with Gasteiger partial charge in [-0.25, -0.2) is 0 Å². The van der Waals surface area contributed by atoms with E-state index in [4.69, 9.17) is 5.11 Å². The SMILES string of the molecule is CCCNc1ccncc1C(=O)N1CCC(CCO)C1. The molecule has 1 unspecified atom stereocenters. The normalized spacial score (nSPS) is 18.3. The summed E-state index contributed by atoms with van der Waals surface area (Å²) in [5.41, 5.74) is 1.50. The fraction of sp³-hybridized carbons (Fsp3) is 0.600. The van der Waals surface area contributed by atoms with Crippen LogP contribution in [0.1, 0.15) is 36.5 Å². The molecule has 1 amide bonds. The molecule has 110 valence electrons. The quantitative estimate of drug-likeness (QED) is 0.831. The summed E-state index contributed by atoms with van der Waals surface area (Å²) in [5, 5.41) is 12.3. The lowest BCUT2D eigenvalue weighted by molar-refractivity contribution is 0.0785. The van der Waals surface area contributed by atoms with Crippen LogP contribution < -0.4 is 5.32 Å². The zero-order valence-corrected chi connectivity index (χ0v) is 12.0. The largest absolute Gasteiger partial charge is 0.396 e. The number of carbonyl (C=O) groups is 1. The van der Waals surface area contributed by atoms with Gasteiger partial charge in [0.1, 0.15) is 0 Å². The maximum atomic E-state index is 12.6. The lowest BCUT2D eigenvalue weighted by atomic mass is 10.1. The summed E-state index contributed by atoms with van der Waals surface area (Å²) in [6.07, 6.45) is 6.10. The third kappa shape index (κ3) is 3.48. The minimum atomic E-state index is 0.0390. The predicted octanol–water partition coefficient (Wildman–Crippen LogP) is 1.75. The van der Waals surface area contributed by atoms with Crippen molar-refractivity contribution in [2.45, 2.75) is 26.2 Å². The van der Waals surface area contributed by atoms with Crippen molar-refractivity contribution in [3.8, 4) is 0 Å². The van der Waals surface area contributed by atoms with E-state index in [0.717, 1.165) is 44.6 Å². The zero-order valence-electron chi connectivity index (χ0n) is 12.0.